The molecule has 0 N–H and O–H groups in total. The van der Waals surface area contributed by atoms with Crippen molar-refractivity contribution in [2.24, 2.45) is 0 Å². The highest BCUT2D eigenvalue weighted by Gasteiger charge is 2.33. The molecule has 0 radical (unpaired) electrons. The van der Waals surface area contributed by atoms with Crippen LogP contribution >= 0.6 is 24.2 Å². The van der Waals surface area contributed by atoms with Gasteiger partial charge in [0, 0.05) is 4.90 Å². The molecule has 0 saturated carbocycles. The Morgan fingerprint density at radius 2 is 1.83 bits per heavy atom. The Labute approximate surface area is 77.8 Å². The average molecular weight is 213 g/mol. The molecule has 0 atom stereocenters. The predicted octanol–water partition coefficient (Wildman–Crippen LogP) is 3.65. The van der Waals surface area contributed by atoms with Gasteiger partial charge in [-0.05, 0) is 12.1 Å². The topological polar surface area (TPSA) is 0 Å². The molecule has 0 unspecified atom stereocenters. The molecular formula is C7H4ClF3S. The van der Waals surface area contributed by atoms with E-state index in [0.717, 1.165) is 6.07 Å². The van der Waals surface area contributed by atoms with Crippen LogP contribution in [0.2, 0.25) is 5.02 Å². The number of thiol groups is 1. The van der Waals surface area contributed by atoms with Gasteiger partial charge >= 0.3 is 6.18 Å². The lowest BCUT2D eigenvalue weighted by molar-refractivity contribution is -0.139. The van der Waals surface area contributed by atoms with Crippen molar-refractivity contribution in [1.82, 2.24) is 0 Å². The first-order chi connectivity index (χ1) is 5.43. The maximum atomic E-state index is 12.1. The maximum absolute atomic E-state index is 12.1. The highest BCUT2D eigenvalue weighted by Crippen LogP contribution is 2.36. The van der Waals surface area contributed by atoms with Crippen LogP contribution in [0.1, 0.15) is 5.56 Å². The molecule has 1 aromatic rings. The van der Waals surface area contributed by atoms with E-state index in [-0.39, 0.29) is 9.92 Å². The smallest absolute Gasteiger partial charge is 0.166 e. The summed E-state index contributed by atoms with van der Waals surface area (Å²) >= 11 is 9.10. The van der Waals surface area contributed by atoms with E-state index in [2.05, 4.69) is 12.6 Å². The standard InChI is InChI=1S/C7H4ClF3S/c8-5-3-1-2-4(6(5)12)7(9,10)11/h1-3,12H. The number of alkyl halides is 3. The number of rotatable bonds is 0. The van der Waals surface area contributed by atoms with E-state index < -0.39 is 11.7 Å². The third-order valence-corrected chi connectivity index (χ3v) is 2.22. The first kappa shape index (κ1) is 9.74. The fraction of sp³-hybridized carbons (Fsp3) is 0.143. The van der Waals surface area contributed by atoms with Crippen molar-refractivity contribution in [3.63, 3.8) is 0 Å². The summed E-state index contributed by atoms with van der Waals surface area (Å²) in [6, 6.07) is 3.54. The Morgan fingerprint density at radius 3 is 2.25 bits per heavy atom. The summed E-state index contributed by atoms with van der Waals surface area (Å²) in [7, 11) is 0. The monoisotopic (exact) mass is 212 g/mol. The minimum Gasteiger partial charge on any atom is -0.166 e. The Bertz CT molecular complexity index is 295. The van der Waals surface area contributed by atoms with E-state index in [1.54, 1.807) is 0 Å². The molecule has 1 aromatic carbocycles. The van der Waals surface area contributed by atoms with Crippen molar-refractivity contribution in [2.75, 3.05) is 0 Å². The average Bonchev–Trinajstić information content (AvgIpc) is 1.92. The molecule has 0 nitrogen and oxygen atoms in total. The van der Waals surface area contributed by atoms with Gasteiger partial charge in [-0.1, -0.05) is 17.7 Å². The summed E-state index contributed by atoms with van der Waals surface area (Å²) < 4.78 is 36.4. The van der Waals surface area contributed by atoms with Crippen LogP contribution in [-0.4, -0.2) is 0 Å². The van der Waals surface area contributed by atoms with Crippen LogP contribution in [0.3, 0.4) is 0 Å². The molecule has 0 spiro atoms. The van der Waals surface area contributed by atoms with E-state index >= 15 is 0 Å². The lowest BCUT2D eigenvalue weighted by Crippen LogP contribution is -2.05. The minimum atomic E-state index is -4.39. The normalized spacial score (nSPS) is 11.8. The van der Waals surface area contributed by atoms with Crippen LogP contribution in [0.5, 0.6) is 0 Å². The van der Waals surface area contributed by atoms with Gasteiger partial charge in [0.1, 0.15) is 0 Å². The van der Waals surface area contributed by atoms with Crippen LogP contribution in [0.15, 0.2) is 23.1 Å². The van der Waals surface area contributed by atoms with Gasteiger partial charge in [0.15, 0.2) is 0 Å². The fourth-order valence-corrected chi connectivity index (χ4v) is 1.19. The van der Waals surface area contributed by atoms with Gasteiger partial charge in [0.05, 0.1) is 10.6 Å². The first-order valence-corrected chi connectivity index (χ1v) is 3.80. The van der Waals surface area contributed by atoms with Gasteiger partial charge < -0.3 is 0 Å². The Hall–Kier alpha value is -0.350. The van der Waals surface area contributed by atoms with Crippen molar-refractivity contribution in [1.29, 1.82) is 0 Å². The quantitative estimate of drug-likeness (QED) is 0.624. The zero-order chi connectivity index (χ0) is 9.35. The summed E-state index contributed by atoms with van der Waals surface area (Å²) in [6.07, 6.45) is -4.39. The Balaban J connectivity index is 3.26. The summed E-state index contributed by atoms with van der Waals surface area (Å²) in [6.45, 7) is 0. The van der Waals surface area contributed by atoms with Gasteiger partial charge in [-0.3, -0.25) is 0 Å². The lowest BCUT2D eigenvalue weighted by atomic mass is 10.2. The molecular weight excluding hydrogens is 209 g/mol. The second kappa shape index (κ2) is 3.18. The SMILES string of the molecule is FC(F)(F)c1cccc(Cl)c1S. The maximum Gasteiger partial charge on any atom is 0.417 e. The van der Waals surface area contributed by atoms with Crippen molar-refractivity contribution >= 4 is 24.2 Å². The highest BCUT2D eigenvalue weighted by atomic mass is 35.5. The number of hydrogen-bond donors (Lipinski definition) is 1. The molecule has 12 heavy (non-hydrogen) atoms. The predicted molar refractivity (Wildman–Crippen MR) is 43.7 cm³/mol. The van der Waals surface area contributed by atoms with Crippen LogP contribution in [0, 0.1) is 0 Å². The molecule has 0 fully saturated rings. The molecule has 0 amide bonds. The molecule has 0 aliphatic heterocycles. The molecule has 0 bridgehead atoms. The van der Waals surface area contributed by atoms with E-state index in [0.29, 0.717) is 0 Å². The highest BCUT2D eigenvalue weighted by molar-refractivity contribution is 7.80. The van der Waals surface area contributed by atoms with E-state index in [1.807, 2.05) is 0 Å². The summed E-state index contributed by atoms with van der Waals surface area (Å²) in [4.78, 5) is -0.230. The third-order valence-electron chi connectivity index (χ3n) is 1.29. The fourth-order valence-electron chi connectivity index (χ4n) is 0.744. The van der Waals surface area contributed by atoms with E-state index in [9.17, 15) is 13.2 Å². The molecule has 5 heteroatoms. The van der Waals surface area contributed by atoms with Gasteiger partial charge in [-0.25, -0.2) is 0 Å². The minimum absolute atomic E-state index is 0.00755. The van der Waals surface area contributed by atoms with Crippen molar-refractivity contribution < 1.29 is 13.2 Å². The first-order valence-electron chi connectivity index (χ1n) is 2.97. The summed E-state index contributed by atoms with van der Waals surface area (Å²) in [5, 5.41) is 0.00755. The van der Waals surface area contributed by atoms with E-state index in [4.69, 9.17) is 11.6 Å². The number of hydrogen-bond acceptors (Lipinski definition) is 1. The molecule has 0 aliphatic carbocycles. The van der Waals surface area contributed by atoms with Crippen molar-refractivity contribution in [2.45, 2.75) is 11.1 Å². The lowest BCUT2D eigenvalue weighted by Gasteiger charge is -2.09. The molecule has 0 saturated heterocycles. The molecule has 0 heterocycles. The van der Waals surface area contributed by atoms with Crippen LogP contribution in [0.4, 0.5) is 13.2 Å². The molecule has 0 aliphatic rings. The number of benzene rings is 1. The van der Waals surface area contributed by atoms with Gasteiger partial charge in [-0.2, -0.15) is 13.2 Å². The largest absolute Gasteiger partial charge is 0.417 e. The summed E-state index contributed by atoms with van der Waals surface area (Å²) in [5.74, 6) is 0. The molecule has 0 aromatic heterocycles. The third kappa shape index (κ3) is 1.87. The van der Waals surface area contributed by atoms with Gasteiger partial charge in [0.2, 0.25) is 0 Å². The molecule has 1 rings (SSSR count). The van der Waals surface area contributed by atoms with Gasteiger partial charge in [0.25, 0.3) is 0 Å². The zero-order valence-electron chi connectivity index (χ0n) is 5.69. The van der Waals surface area contributed by atoms with Crippen LogP contribution in [0.25, 0.3) is 0 Å². The summed E-state index contributed by atoms with van der Waals surface area (Å²) in [5.41, 5.74) is -0.807. The second-order valence-electron chi connectivity index (χ2n) is 2.13. The van der Waals surface area contributed by atoms with Crippen molar-refractivity contribution in [3.8, 4) is 0 Å². The van der Waals surface area contributed by atoms with E-state index in [1.165, 1.54) is 12.1 Å². The number of halogens is 4. The van der Waals surface area contributed by atoms with Crippen LogP contribution < -0.4 is 0 Å². The Morgan fingerprint density at radius 1 is 1.25 bits per heavy atom. The van der Waals surface area contributed by atoms with Gasteiger partial charge in [-0.15, -0.1) is 12.6 Å². The van der Waals surface area contributed by atoms with Crippen molar-refractivity contribution in [3.05, 3.63) is 28.8 Å². The molecule has 66 valence electrons. The van der Waals surface area contributed by atoms with Crippen LogP contribution in [-0.2, 0) is 6.18 Å². The Kier molecular flexibility index (Phi) is 2.58. The zero-order valence-corrected chi connectivity index (χ0v) is 7.34. The second-order valence-corrected chi connectivity index (χ2v) is 2.99.